The number of hydrogen-bond donors (Lipinski definition) is 0. The summed E-state index contributed by atoms with van der Waals surface area (Å²) >= 11 is 1.87. The first-order valence-corrected chi connectivity index (χ1v) is 12.6. The molecule has 2 aromatic heterocycles. The number of rotatable bonds is 3. The SMILES string of the molecule is C#C/C=C\c1c(C)cc(-c2nccc3c(C)c(-c4c(C)cc(C)cc4C)sc23)cc1C(C)(C)C. The fourth-order valence-electron chi connectivity index (χ4n) is 5.04. The van der Waals surface area contributed by atoms with Gasteiger partial charge in [-0.15, -0.1) is 17.8 Å². The Bertz CT molecular complexity index is 1460. The van der Waals surface area contributed by atoms with Gasteiger partial charge in [-0.05, 0) is 115 Å². The van der Waals surface area contributed by atoms with Crippen LogP contribution in [0, 0.1) is 47.0 Å². The van der Waals surface area contributed by atoms with Crippen molar-refractivity contribution < 1.29 is 0 Å². The van der Waals surface area contributed by atoms with Crippen LogP contribution in [0.25, 0.3) is 37.9 Å². The average molecular weight is 464 g/mol. The highest BCUT2D eigenvalue weighted by Crippen LogP contribution is 2.45. The Labute approximate surface area is 208 Å². The summed E-state index contributed by atoms with van der Waals surface area (Å²) in [5.41, 5.74) is 12.6. The van der Waals surface area contributed by atoms with E-state index < -0.39 is 0 Å². The summed E-state index contributed by atoms with van der Waals surface area (Å²) < 4.78 is 1.25. The second-order valence-corrected chi connectivity index (χ2v) is 11.4. The van der Waals surface area contributed by atoms with Crippen LogP contribution in [0.5, 0.6) is 0 Å². The second-order valence-electron chi connectivity index (χ2n) is 10.4. The summed E-state index contributed by atoms with van der Waals surface area (Å²) in [5.74, 6) is 2.64. The molecule has 0 spiro atoms. The lowest BCUT2D eigenvalue weighted by molar-refractivity contribution is 0.588. The topological polar surface area (TPSA) is 12.9 Å². The van der Waals surface area contributed by atoms with E-state index in [2.05, 4.69) is 97.7 Å². The zero-order valence-electron chi connectivity index (χ0n) is 21.6. The molecule has 0 aliphatic heterocycles. The van der Waals surface area contributed by atoms with Crippen molar-refractivity contribution in [2.24, 2.45) is 0 Å². The van der Waals surface area contributed by atoms with Gasteiger partial charge in [-0.1, -0.05) is 44.4 Å². The van der Waals surface area contributed by atoms with E-state index in [0.29, 0.717) is 0 Å². The van der Waals surface area contributed by atoms with E-state index >= 15 is 0 Å². The number of pyridine rings is 1. The van der Waals surface area contributed by atoms with Crippen molar-refractivity contribution in [3.05, 3.63) is 81.5 Å². The number of nitrogens with zero attached hydrogens (tertiary/aromatic N) is 1. The van der Waals surface area contributed by atoms with Gasteiger partial charge in [0.1, 0.15) is 0 Å². The van der Waals surface area contributed by atoms with Crippen molar-refractivity contribution >= 4 is 27.5 Å². The van der Waals surface area contributed by atoms with Gasteiger partial charge in [-0.3, -0.25) is 4.98 Å². The quantitative estimate of drug-likeness (QED) is 0.276. The Balaban J connectivity index is 1.99. The summed E-state index contributed by atoms with van der Waals surface area (Å²) in [7, 11) is 0. The first kappa shape index (κ1) is 24.0. The first-order valence-electron chi connectivity index (χ1n) is 11.8. The molecule has 0 fully saturated rings. The minimum absolute atomic E-state index is 0.0183. The summed E-state index contributed by atoms with van der Waals surface area (Å²) in [5, 5.41) is 1.29. The average Bonchev–Trinajstić information content (AvgIpc) is 3.07. The highest BCUT2D eigenvalue weighted by molar-refractivity contribution is 7.23. The highest BCUT2D eigenvalue weighted by atomic mass is 32.1. The van der Waals surface area contributed by atoms with Gasteiger partial charge in [0.05, 0.1) is 10.4 Å². The molecule has 2 heterocycles. The molecule has 34 heavy (non-hydrogen) atoms. The van der Waals surface area contributed by atoms with E-state index in [1.54, 1.807) is 6.08 Å². The number of aromatic nitrogens is 1. The third-order valence-corrected chi connectivity index (χ3v) is 7.90. The molecule has 4 aromatic rings. The Hall–Kier alpha value is -3.15. The van der Waals surface area contributed by atoms with Crippen LogP contribution in [0.3, 0.4) is 0 Å². The Kier molecular flexibility index (Phi) is 6.28. The van der Waals surface area contributed by atoms with Crippen LogP contribution in [0.4, 0.5) is 0 Å². The summed E-state index contributed by atoms with van der Waals surface area (Å²) in [4.78, 5) is 6.25. The lowest BCUT2D eigenvalue weighted by Gasteiger charge is -2.24. The monoisotopic (exact) mass is 463 g/mol. The van der Waals surface area contributed by atoms with Crippen LogP contribution in [0.1, 0.15) is 59.7 Å². The molecule has 0 aliphatic carbocycles. The van der Waals surface area contributed by atoms with E-state index in [0.717, 1.165) is 11.3 Å². The summed E-state index contributed by atoms with van der Waals surface area (Å²) in [6.07, 6.45) is 11.3. The third kappa shape index (κ3) is 4.22. The van der Waals surface area contributed by atoms with E-state index in [1.807, 2.05) is 17.5 Å². The fourth-order valence-corrected chi connectivity index (χ4v) is 6.53. The van der Waals surface area contributed by atoms with Crippen LogP contribution in [0.15, 0.2) is 42.6 Å². The zero-order valence-corrected chi connectivity index (χ0v) is 22.4. The van der Waals surface area contributed by atoms with Gasteiger partial charge >= 0.3 is 0 Å². The smallest absolute Gasteiger partial charge is 0.0880 e. The molecular formula is C32H33NS. The number of fused-ring (bicyclic) bond motifs is 1. The van der Waals surface area contributed by atoms with Crippen LogP contribution in [0.2, 0.25) is 0 Å². The standard InChI is InChI=1S/C32H33NS/c1-10-11-12-25-20(3)17-24(18-27(25)32(7,8)9)29-31-26(13-14-33-29)23(6)30(34-31)28-21(4)15-19(2)16-22(28)5/h1,11-18H,2-9H3/b12-11-. The third-order valence-electron chi connectivity index (χ3n) is 6.57. The minimum Gasteiger partial charge on any atom is -0.255 e. The van der Waals surface area contributed by atoms with E-state index in [9.17, 15) is 0 Å². The zero-order chi connectivity index (χ0) is 24.8. The fraction of sp³-hybridized carbons (Fsp3) is 0.281. The maximum Gasteiger partial charge on any atom is 0.0880 e. The maximum atomic E-state index is 5.52. The first-order chi connectivity index (χ1) is 16.0. The van der Waals surface area contributed by atoms with Crippen molar-refractivity contribution in [2.45, 2.75) is 60.8 Å². The lowest BCUT2D eigenvalue weighted by atomic mass is 9.80. The number of terminal acetylenes is 1. The Morgan fingerprint density at radius 1 is 0.941 bits per heavy atom. The Morgan fingerprint density at radius 2 is 1.62 bits per heavy atom. The molecular weight excluding hydrogens is 430 g/mol. The molecule has 0 bridgehead atoms. The number of aryl methyl sites for hydroxylation is 5. The van der Waals surface area contributed by atoms with Gasteiger partial charge in [-0.25, -0.2) is 0 Å². The maximum absolute atomic E-state index is 5.52. The molecule has 2 aromatic carbocycles. The largest absolute Gasteiger partial charge is 0.255 e. The van der Waals surface area contributed by atoms with Crippen LogP contribution < -0.4 is 0 Å². The number of benzene rings is 2. The van der Waals surface area contributed by atoms with Gasteiger partial charge in [-0.2, -0.15) is 0 Å². The molecule has 2 heteroatoms. The molecule has 0 radical (unpaired) electrons. The van der Waals surface area contributed by atoms with E-state index in [4.69, 9.17) is 11.4 Å². The van der Waals surface area contributed by atoms with Gasteiger partial charge in [0.25, 0.3) is 0 Å². The van der Waals surface area contributed by atoms with Crippen molar-refractivity contribution in [3.63, 3.8) is 0 Å². The molecule has 0 aliphatic rings. The van der Waals surface area contributed by atoms with Crippen LogP contribution in [-0.4, -0.2) is 4.98 Å². The van der Waals surface area contributed by atoms with Gasteiger partial charge < -0.3 is 0 Å². The molecule has 172 valence electrons. The molecule has 0 saturated heterocycles. The van der Waals surface area contributed by atoms with Gasteiger partial charge in [0.2, 0.25) is 0 Å². The molecule has 1 nitrogen and oxygen atoms in total. The predicted molar refractivity (Wildman–Crippen MR) is 151 cm³/mol. The number of thiophene rings is 1. The van der Waals surface area contributed by atoms with Crippen molar-refractivity contribution in [3.8, 4) is 34.0 Å². The van der Waals surface area contributed by atoms with Crippen molar-refractivity contribution in [2.75, 3.05) is 0 Å². The van der Waals surface area contributed by atoms with Crippen LogP contribution in [-0.2, 0) is 5.41 Å². The molecule has 0 amide bonds. The second kappa shape index (κ2) is 8.90. The van der Waals surface area contributed by atoms with Gasteiger partial charge in [0.15, 0.2) is 0 Å². The molecule has 4 rings (SSSR count). The molecule has 0 unspecified atom stereocenters. The number of allylic oxidation sites excluding steroid dienone is 1. The number of hydrogen-bond acceptors (Lipinski definition) is 2. The van der Waals surface area contributed by atoms with Crippen molar-refractivity contribution in [1.82, 2.24) is 4.98 Å². The Morgan fingerprint density at radius 3 is 2.24 bits per heavy atom. The molecule has 0 atom stereocenters. The predicted octanol–water partition coefficient (Wildman–Crippen LogP) is 9.12. The minimum atomic E-state index is -0.0183. The highest BCUT2D eigenvalue weighted by Gasteiger charge is 2.22. The molecule has 0 N–H and O–H groups in total. The van der Waals surface area contributed by atoms with E-state index in [1.165, 1.54) is 59.5 Å². The van der Waals surface area contributed by atoms with Crippen LogP contribution >= 0.6 is 11.3 Å². The van der Waals surface area contributed by atoms with Gasteiger partial charge in [0, 0.05) is 16.6 Å². The van der Waals surface area contributed by atoms with Crippen molar-refractivity contribution in [1.29, 1.82) is 0 Å². The summed E-state index contributed by atoms with van der Waals surface area (Å²) in [6.45, 7) is 17.8. The lowest BCUT2D eigenvalue weighted by Crippen LogP contribution is -2.14. The van der Waals surface area contributed by atoms with E-state index in [-0.39, 0.29) is 5.41 Å². The molecule has 0 saturated carbocycles. The summed E-state index contributed by atoms with van der Waals surface area (Å²) in [6, 6.07) is 11.3. The normalized spacial score (nSPS) is 12.0.